The van der Waals surface area contributed by atoms with Crippen molar-refractivity contribution >= 4 is 6.09 Å². The number of carbonyl (C=O) groups is 1. The van der Waals surface area contributed by atoms with Crippen LogP contribution in [0.1, 0.15) is 19.3 Å². The number of hydrogen-bond donors (Lipinski definition) is 3. The minimum atomic E-state index is -1.24. The molecular formula is C8H12N2O3. The fourth-order valence-corrected chi connectivity index (χ4v) is 1.23. The van der Waals surface area contributed by atoms with E-state index in [1.165, 1.54) is 0 Å². The van der Waals surface area contributed by atoms with Gasteiger partial charge in [0, 0.05) is 0 Å². The highest BCUT2D eigenvalue weighted by Gasteiger charge is 2.30. The van der Waals surface area contributed by atoms with Crippen LogP contribution in [0.15, 0.2) is 0 Å². The molecule has 1 unspecified atom stereocenters. The number of aliphatic hydroxyl groups excluding tert-OH is 1. The Kier molecular flexibility index (Phi) is 3.09. The summed E-state index contributed by atoms with van der Waals surface area (Å²) in [5.41, 5.74) is 0. The van der Waals surface area contributed by atoms with Crippen LogP contribution in [0.3, 0.4) is 0 Å². The first-order chi connectivity index (χ1) is 6.13. The lowest BCUT2D eigenvalue weighted by atomic mass is 10.1. The third-order valence-electron chi connectivity index (χ3n) is 2.11. The van der Waals surface area contributed by atoms with Crippen molar-refractivity contribution < 1.29 is 15.0 Å². The van der Waals surface area contributed by atoms with Gasteiger partial charge >= 0.3 is 6.09 Å². The fraction of sp³-hybridized carbons (Fsp3) is 0.750. The lowest BCUT2D eigenvalue weighted by molar-refractivity contribution is 0.149. The molecule has 1 aliphatic carbocycles. The van der Waals surface area contributed by atoms with Crippen molar-refractivity contribution in [3.05, 3.63) is 0 Å². The van der Waals surface area contributed by atoms with Gasteiger partial charge in [0.05, 0.1) is 12.1 Å². The molecule has 0 aromatic rings. The Labute approximate surface area is 76.0 Å². The lowest BCUT2D eigenvalue weighted by Gasteiger charge is -2.17. The zero-order valence-corrected chi connectivity index (χ0v) is 7.10. The fourth-order valence-electron chi connectivity index (χ4n) is 1.23. The van der Waals surface area contributed by atoms with Crippen LogP contribution < -0.4 is 5.32 Å². The summed E-state index contributed by atoms with van der Waals surface area (Å²) in [6.45, 7) is 0. The van der Waals surface area contributed by atoms with Crippen LogP contribution in [0.25, 0.3) is 0 Å². The second-order valence-corrected chi connectivity index (χ2v) is 3.31. The molecule has 0 radical (unpaired) electrons. The monoisotopic (exact) mass is 184 g/mol. The van der Waals surface area contributed by atoms with Gasteiger partial charge in [0.2, 0.25) is 0 Å². The Morgan fingerprint density at radius 1 is 1.69 bits per heavy atom. The number of amides is 1. The summed E-state index contributed by atoms with van der Waals surface area (Å²) in [6, 6.07) is 0.990. The van der Waals surface area contributed by atoms with Gasteiger partial charge in [-0.2, -0.15) is 5.26 Å². The second kappa shape index (κ2) is 4.10. The molecule has 2 atom stereocenters. The predicted octanol–water partition coefficient (Wildman–Crippen LogP) is 0.307. The molecule has 1 rings (SSSR count). The maximum absolute atomic E-state index is 10.3. The number of nitriles is 1. The Hall–Kier alpha value is -1.28. The van der Waals surface area contributed by atoms with Crippen LogP contribution in [-0.4, -0.2) is 28.5 Å². The molecule has 5 heteroatoms. The van der Waals surface area contributed by atoms with Crippen molar-refractivity contribution in [3.63, 3.8) is 0 Å². The van der Waals surface area contributed by atoms with Crippen molar-refractivity contribution in [2.45, 2.75) is 31.4 Å². The van der Waals surface area contributed by atoms with Crippen molar-refractivity contribution in [2.24, 2.45) is 5.92 Å². The molecule has 1 saturated carbocycles. The highest BCUT2D eigenvalue weighted by atomic mass is 16.4. The Balaban J connectivity index is 2.42. The molecule has 0 aliphatic heterocycles. The van der Waals surface area contributed by atoms with Crippen LogP contribution in [0, 0.1) is 17.2 Å². The topological polar surface area (TPSA) is 93.4 Å². The van der Waals surface area contributed by atoms with Gasteiger partial charge in [0.25, 0.3) is 0 Å². The van der Waals surface area contributed by atoms with Gasteiger partial charge in [-0.05, 0) is 12.3 Å². The summed E-state index contributed by atoms with van der Waals surface area (Å²) in [4.78, 5) is 10.3. The van der Waals surface area contributed by atoms with E-state index in [1.54, 1.807) is 6.07 Å². The van der Waals surface area contributed by atoms with Gasteiger partial charge in [-0.25, -0.2) is 4.79 Å². The van der Waals surface area contributed by atoms with Gasteiger partial charge in [-0.3, -0.25) is 0 Å². The van der Waals surface area contributed by atoms with E-state index in [2.05, 4.69) is 5.32 Å². The summed E-state index contributed by atoms with van der Waals surface area (Å²) >= 11 is 0. The number of aliphatic hydroxyl groups is 1. The maximum Gasteiger partial charge on any atom is 0.405 e. The normalized spacial score (nSPS) is 20.0. The predicted molar refractivity (Wildman–Crippen MR) is 43.9 cm³/mol. The molecule has 0 heterocycles. The van der Waals surface area contributed by atoms with Gasteiger partial charge in [0.15, 0.2) is 6.10 Å². The third kappa shape index (κ3) is 3.30. The summed E-state index contributed by atoms with van der Waals surface area (Å²) in [5, 5.41) is 28.2. The zero-order chi connectivity index (χ0) is 9.84. The molecule has 0 bridgehead atoms. The second-order valence-electron chi connectivity index (χ2n) is 3.31. The molecule has 0 saturated heterocycles. The van der Waals surface area contributed by atoms with Crippen LogP contribution in [0.5, 0.6) is 0 Å². The molecule has 3 N–H and O–H groups in total. The van der Waals surface area contributed by atoms with Crippen LogP contribution >= 0.6 is 0 Å². The molecule has 5 nitrogen and oxygen atoms in total. The van der Waals surface area contributed by atoms with E-state index in [0.717, 1.165) is 12.8 Å². The van der Waals surface area contributed by atoms with Crippen molar-refractivity contribution in [1.29, 1.82) is 5.26 Å². The van der Waals surface area contributed by atoms with Crippen molar-refractivity contribution in [3.8, 4) is 6.07 Å². The van der Waals surface area contributed by atoms with Gasteiger partial charge in [-0.15, -0.1) is 0 Å². The maximum atomic E-state index is 10.3. The number of nitrogens with zero attached hydrogens (tertiary/aromatic N) is 1. The highest BCUT2D eigenvalue weighted by Crippen LogP contribution is 2.34. The number of hydrogen-bond acceptors (Lipinski definition) is 3. The van der Waals surface area contributed by atoms with Crippen LogP contribution in [0.2, 0.25) is 0 Å². The van der Waals surface area contributed by atoms with Gasteiger partial charge in [-0.1, -0.05) is 12.8 Å². The highest BCUT2D eigenvalue weighted by molar-refractivity contribution is 5.65. The molecule has 1 aliphatic rings. The molecule has 1 amide bonds. The molecule has 0 spiro atoms. The molecule has 13 heavy (non-hydrogen) atoms. The smallest absolute Gasteiger partial charge is 0.405 e. The first-order valence-electron chi connectivity index (χ1n) is 4.20. The molecule has 72 valence electrons. The first-order valence-corrected chi connectivity index (χ1v) is 4.20. The molecule has 1 fully saturated rings. The van der Waals surface area contributed by atoms with Gasteiger partial charge < -0.3 is 15.5 Å². The van der Waals surface area contributed by atoms with E-state index in [1.807, 2.05) is 0 Å². The number of nitrogens with one attached hydrogen (secondary N) is 1. The minimum absolute atomic E-state index is 0.472. The van der Waals surface area contributed by atoms with E-state index in [9.17, 15) is 4.79 Å². The van der Waals surface area contributed by atoms with E-state index in [4.69, 9.17) is 15.5 Å². The zero-order valence-electron chi connectivity index (χ0n) is 7.10. The number of carboxylic acid groups (broad SMARTS) is 1. The van der Waals surface area contributed by atoms with Crippen molar-refractivity contribution in [2.75, 3.05) is 0 Å². The van der Waals surface area contributed by atoms with E-state index in [-0.39, 0.29) is 0 Å². The Morgan fingerprint density at radius 3 is 2.69 bits per heavy atom. The minimum Gasteiger partial charge on any atom is -0.465 e. The largest absolute Gasteiger partial charge is 0.465 e. The quantitative estimate of drug-likeness (QED) is 0.548. The Morgan fingerprint density at radius 2 is 2.31 bits per heavy atom. The van der Waals surface area contributed by atoms with E-state index >= 15 is 0 Å². The van der Waals surface area contributed by atoms with Crippen molar-refractivity contribution in [1.82, 2.24) is 5.32 Å². The first kappa shape index (κ1) is 9.81. The van der Waals surface area contributed by atoms with Gasteiger partial charge in [0.1, 0.15) is 0 Å². The summed E-state index contributed by atoms with van der Waals surface area (Å²) in [6.07, 6.45) is 0.254. The van der Waals surface area contributed by atoms with E-state index in [0.29, 0.717) is 12.3 Å². The summed E-state index contributed by atoms with van der Waals surface area (Å²) in [5.74, 6) is 0.472. The molecule has 0 aromatic heterocycles. The average molecular weight is 184 g/mol. The lowest BCUT2D eigenvalue weighted by Crippen LogP contribution is -2.42. The molecule has 0 aromatic carbocycles. The van der Waals surface area contributed by atoms with Crippen LogP contribution in [0.4, 0.5) is 4.79 Å². The number of rotatable bonds is 4. The molecular weight excluding hydrogens is 172 g/mol. The van der Waals surface area contributed by atoms with Crippen LogP contribution in [-0.2, 0) is 0 Å². The summed E-state index contributed by atoms with van der Waals surface area (Å²) in [7, 11) is 0. The SMILES string of the molecule is N#CC(O)[C@H](CC1CC1)NC(=O)O. The standard InChI is InChI=1S/C8H12N2O3/c9-4-7(11)6(10-8(12)13)3-5-1-2-5/h5-7,10-11H,1-3H2,(H,12,13)/t6-,7?/m0/s1. The van der Waals surface area contributed by atoms with E-state index < -0.39 is 18.2 Å². The third-order valence-corrected chi connectivity index (χ3v) is 2.11. The average Bonchev–Trinajstić information content (AvgIpc) is 2.85. The summed E-state index contributed by atoms with van der Waals surface area (Å²) < 4.78 is 0. The Bertz CT molecular complexity index is 232.